The molecule has 7 rings (SSSR count). The van der Waals surface area contributed by atoms with Gasteiger partial charge in [0.1, 0.15) is 18.2 Å². The number of likely N-dealkylation sites (tertiary alicyclic amines) is 1. The minimum Gasteiger partial charge on any atom is -0.490 e. The highest BCUT2D eigenvalue weighted by Gasteiger charge is 2.28. The number of aliphatic hydroxyl groups excluding tert-OH is 1. The molecule has 1 amide bonds. The number of hydrogen-bond acceptors (Lipinski definition) is 7. The van der Waals surface area contributed by atoms with Crippen molar-refractivity contribution < 1.29 is 23.8 Å². The fourth-order valence-corrected chi connectivity index (χ4v) is 7.55. The Bertz CT molecular complexity index is 1930. The molecule has 0 radical (unpaired) electrons. The van der Waals surface area contributed by atoms with Crippen LogP contribution in [0.15, 0.2) is 72.9 Å². The van der Waals surface area contributed by atoms with E-state index in [4.69, 9.17) is 19.6 Å². The van der Waals surface area contributed by atoms with Gasteiger partial charge in [0.2, 0.25) is 5.91 Å². The number of nitrogens with zero attached hydrogens (tertiary/aromatic N) is 4. The van der Waals surface area contributed by atoms with Crippen LogP contribution in [0.4, 0.5) is 4.39 Å². The molecule has 0 bridgehead atoms. The van der Waals surface area contributed by atoms with Crippen molar-refractivity contribution in [3.8, 4) is 39.4 Å². The molecule has 236 valence electrons. The van der Waals surface area contributed by atoms with E-state index in [1.807, 2.05) is 17.1 Å². The second kappa shape index (κ2) is 12.8. The molecule has 46 heavy (non-hydrogen) atoms. The Morgan fingerprint density at radius 2 is 2.02 bits per heavy atom. The van der Waals surface area contributed by atoms with Gasteiger partial charge in [-0.25, -0.2) is 9.37 Å². The first-order valence-electron chi connectivity index (χ1n) is 15.5. The predicted molar refractivity (Wildman–Crippen MR) is 178 cm³/mol. The number of methoxy groups -OCH3 is 1. The summed E-state index contributed by atoms with van der Waals surface area (Å²) >= 11 is 1.61. The van der Waals surface area contributed by atoms with Crippen molar-refractivity contribution >= 4 is 27.3 Å². The number of aliphatic hydroxyl groups is 1. The van der Waals surface area contributed by atoms with E-state index in [-0.39, 0.29) is 24.7 Å². The number of aryl methyl sites for hydroxylation is 1. The molecule has 2 atom stereocenters. The number of carbonyl (C=O) groups excluding carboxylic acids is 1. The van der Waals surface area contributed by atoms with Crippen LogP contribution in [-0.2, 0) is 22.4 Å². The monoisotopic (exact) mass is 638 g/mol. The first kappa shape index (κ1) is 30.3. The van der Waals surface area contributed by atoms with E-state index in [1.165, 1.54) is 29.3 Å². The van der Waals surface area contributed by atoms with Crippen molar-refractivity contribution in [2.45, 2.75) is 37.8 Å². The molecule has 8 nitrogen and oxygen atoms in total. The summed E-state index contributed by atoms with van der Waals surface area (Å²) in [7, 11) is 1.60. The third kappa shape index (κ3) is 5.72. The number of ether oxygens (including phenoxy) is 2. The molecule has 4 heterocycles. The highest BCUT2D eigenvalue weighted by atomic mass is 32.1. The lowest BCUT2D eigenvalue weighted by Crippen LogP contribution is -2.27. The van der Waals surface area contributed by atoms with Gasteiger partial charge < -0.3 is 19.5 Å². The summed E-state index contributed by atoms with van der Waals surface area (Å²) < 4.78 is 28.8. The van der Waals surface area contributed by atoms with Crippen molar-refractivity contribution in [3.63, 3.8) is 0 Å². The fourth-order valence-electron chi connectivity index (χ4n) is 6.59. The van der Waals surface area contributed by atoms with Gasteiger partial charge in [-0.2, -0.15) is 5.10 Å². The van der Waals surface area contributed by atoms with Crippen molar-refractivity contribution in [1.82, 2.24) is 19.7 Å². The Labute approximate surface area is 270 Å². The van der Waals surface area contributed by atoms with Gasteiger partial charge in [-0.15, -0.1) is 11.3 Å². The highest BCUT2D eigenvalue weighted by Crippen LogP contribution is 2.46. The van der Waals surface area contributed by atoms with Gasteiger partial charge in [0.25, 0.3) is 0 Å². The zero-order chi connectivity index (χ0) is 31.8. The third-order valence-corrected chi connectivity index (χ3v) is 9.88. The van der Waals surface area contributed by atoms with E-state index in [0.29, 0.717) is 37.6 Å². The molecule has 1 fully saturated rings. The van der Waals surface area contributed by atoms with Crippen LogP contribution in [0.3, 0.4) is 0 Å². The van der Waals surface area contributed by atoms with Gasteiger partial charge in [-0.1, -0.05) is 18.7 Å². The lowest BCUT2D eigenvalue weighted by Gasteiger charge is -2.22. The van der Waals surface area contributed by atoms with Crippen LogP contribution >= 0.6 is 11.3 Å². The van der Waals surface area contributed by atoms with Crippen molar-refractivity contribution in [2.24, 2.45) is 0 Å². The molecule has 0 saturated carbocycles. The molecule has 1 saturated heterocycles. The smallest absolute Gasteiger partial charge is 0.246 e. The number of benzene rings is 2. The number of halogens is 1. The Morgan fingerprint density at radius 1 is 1.13 bits per heavy atom. The Balaban J connectivity index is 1.39. The molecule has 3 aromatic heterocycles. The van der Waals surface area contributed by atoms with Crippen LogP contribution < -0.4 is 4.74 Å². The summed E-state index contributed by atoms with van der Waals surface area (Å²) in [5.74, 6) is -0.0586. The molecular weight excluding hydrogens is 603 g/mol. The number of thiophene rings is 1. The number of rotatable bonds is 9. The van der Waals surface area contributed by atoms with Crippen molar-refractivity contribution in [1.29, 1.82) is 0 Å². The van der Waals surface area contributed by atoms with Gasteiger partial charge in [0.15, 0.2) is 0 Å². The minimum atomic E-state index is -0.392. The molecule has 2 aromatic carbocycles. The number of amides is 1. The Morgan fingerprint density at radius 3 is 2.87 bits per heavy atom. The molecular formula is C36H35FN4O4S. The van der Waals surface area contributed by atoms with E-state index < -0.39 is 5.82 Å². The zero-order valence-electron chi connectivity index (χ0n) is 25.6. The maximum Gasteiger partial charge on any atom is 0.246 e. The van der Waals surface area contributed by atoms with Crippen LogP contribution in [0.5, 0.6) is 5.75 Å². The third-order valence-electron chi connectivity index (χ3n) is 8.95. The highest BCUT2D eigenvalue weighted by molar-refractivity contribution is 7.18. The lowest BCUT2D eigenvalue weighted by atomic mass is 9.87. The van der Waals surface area contributed by atoms with Crippen LogP contribution in [0.2, 0.25) is 0 Å². The number of hydrogen-bond donors (Lipinski definition) is 1. The van der Waals surface area contributed by atoms with E-state index in [0.717, 1.165) is 57.3 Å². The summed E-state index contributed by atoms with van der Waals surface area (Å²) in [4.78, 5) is 19.4. The first-order valence-corrected chi connectivity index (χ1v) is 16.4. The van der Waals surface area contributed by atoms with Crippen LogP contribution in [0.1, 0.15) is 30.0 Å². The van der Waals surface area contributed by atoms with E-state index in [2.05, 4.69) is 36.2 Å². The molecule has 2 unspecified atom stereocenters. The predicted octanol–water partition coefficient (Wildman–Crippen LogP) is 6.47. The van der Waals surface area contributed by atoms with Crippen molar-refractivity contribution in [2.75, 3.05) is 33.4 Å². The molecule has 10 heteroatoms. The van der Waals surface area contributed by atoms with Gasteiger partial charge in [-0.05, 0) is 72.5 Å². The number of pyridine rings is 1. The van der Waals surface area contributed by atoms with Gasteiger partial charge in [0, 0.05) is 64.8 Å². The molecule has 1 aliphatic carbocycles. The second-order valence-corrected chi connectivity index (χ2v) is 12.8. The minimum absolute atomic E-state index is 0.0285. The van der Waals surface area contributed by atoms with Gasteiger partial charge in [-0.3, -0.25) is 9.48 Å². The summed E-state index contributed by atoms with van der Waals surface area (Å²) in [6.45, 7) is 5.46. The van der Waals surface area contributed by atoms with Crippen LogP contribution in [-0.4, -0.2) is 70.2 Å². The summed E-state index contributed by atoms with van der Waals surface area (Å²) in [6, 6.07) is 13.1. The average molecular weight is 639 g/mol. The number of aromatic nitrogens is 3. The second-order valence-electron chi connectivity index (χ2n) is 11.8. The van der Waals surface area contributed by atoms with E-state index >= 15 is 0 Å². The van der Waals surface area contributed by atoms with Gasteiger partial charge >= 0.3 is 0 Å². The summed E-state index contributed by atoms with van der Waals surface area (Å²) in [6.07, 6.45) is 7.86. The topological polar surface area (TPSA) is 89.7 Å². The average Bonchev–Trinajstić information content (AvgIpc) is 3.85. The van der Waals surface area contributed by atoms with E-state index in [9.17, 15) is 14.3 Å². The maximum absolute atomic E-state index is 14.6. The fraction of sp³-hybridized carbons (Fsp3) is 0.306. The standard InChI is InChI=1S/C36H35FN4O4S/c1-3-32(43)40-12-10-27(21-40)41-20-25(19-38-41)35-33(29-9-7-26(37)18-31(29)45-14-13-44-2)36-30(11-15-46-36)34(39-35)24-5-4-23-17-28(42)8-6-22(23)16-24/h3-5,7,9,11,15-16,18-20,27-28,42H,1,6,8,10,12-14,17,21H2,2H3. The van der Waals surface area contributed by atoms with Crippen LogP contribution in [0.25, 0.3) is 43.7 Å². The summed E-state index contributed by atoms with van der Waals surface area (Å²) in [5.41, 5.74) is 7.36. The zero-order valence-corrected chi connectivity index (χ0v) is 26.4. The summed E-state index contributed by atoms with van der Waals surface area (Å²) in [5, 5.41) is 18.0. The van der Waals surface area contributed by atoms with Gasteiger partial charge in [0.05, 0.1) is 36.3 Å². The lowest BCUT2D eigenvalue weighted by molar-refractivity contribution is -0.125. The van der Waals surface area contributed by atoms with Crippen LogP contribution in [0, 0.1) is 5.82 Å². The maximum atomic E-state index is 14.6. The molecule has 0 spiro atoms. The normalized spacial score (nSPS) is 17.8. The molecule has 2 aliphatic rings. The molecule has 1 aliphatic heterocycles. The Hall–Kier alpha value is -4.38. The quantitative estimate of drug-likeness (QED) is 0.147. The number of carbonyl (C=O) groups is 1. The first-order chi connectivity index (χ1) is 22.4. The van der Waals surface area contributed by atoms with E-state index in [1.54, 1.807) is 29.4 Å². The SMILES string of the molecule is C=CC(=O)N1CCC(n2cc(-c3nc(-c4ccc5c(c4)CCC(O)C5)c4ccsc4c3-c3ccc(F)cc3OCCOC)cn2)C1. The molecule has 1 N–H and O–H groups in total. The Kier molecular flexibility index (Phi) is 8.42. The molecule has 5 aromatic rings. The van der Waals surface area contributed by atoms with Crippen molar-refractivity contribution in [3.05, 3.63) is 89.8 Å². The largest absolute Gasteiger partial charge is 0.490 e. The number of fused-ring (bicyclic) bond motifs is 2.